The molecule has 1 N–H and O–H groups in total. The number of hydrogen-bond acceptors (Lipinski definition) is 4. The zero-order valence-electron chi connectivity index (χ0n) is 14.7. The zero-order valence-corrected chi connectivity index (χ0v) is 14.7. The number of benzene rings is 1. The van der Waals surface area contributed by atoms with E-state index in [1.54, 1.807) is 11.0 Å². The Balaban J connectivity index is 1.65. The zero-order chi connectivity index (χ0) is 18.0. The second-order valence-electron chi connectivity index (χ2n) is 6.63. The molecule has 25 heavy (non-hydrogen) atoms. The van der Waals surface area contributed by atoms with E-state index in [2.05, 4.69) is 0 Å². The molecule has 1 fully saturated rings. The Bertz CT molecular complexity index is 775. The van der Waals surface area contributed by atoms with Crippen molar-refractivity contribution in [2.24, 2.45) is 0 Å². The summed E-state index contributed by atoms with van der Waals surface area (Å²) in [4.78, 5) is 27.4. The predicted molar refractivity (Wildman–Crippen MR) is 94.8 cm³/mol. The molecule has 1 amide bonds. The van der Waals surface area contributed by atoms with E-state index < -0.39 is 5.97 Å². The number of aryl methyl sites for hydroxylation is 1. The Morgan fingerprint density at radius 3 is 2.64 bits per heavy atom. The highest BCUT2D eigenvalue weighted by molar-refractivity contribution is 5.96. The van der Waals surface area contributed by atoms with Crippen molar-refractivity contribution in [1.29, 1.82) is 0 Å². The minimum Gasteiger partial charge on any atom is -0.480 e. The van der Waals surface area contributed by atoms with Crippen molar-refractivity contribution in [2.45, 2.75) is 32.7 Å². The average molecular weight is 344 g/mol. The first-order chi connectivity index (χ1) is 12.0. The van der Waals surface area contributed by atoms with Crippen LogP contribution in [0.25, 0.3) is 11.0 Å². The number of rotatable bonds is 5. The number of amides is 1. The molecule has 1 saturated heterocycles. The van der Waals surface area contributed by atoms with Crippen molar-refractivity contribution < 1.29 is 19.1 Å². The Hall–Kier alpha value is -2.34. The first-order valence-electron chi connectivity index (χ1n) is 8.73. The normalized spacial score (nSPS) is 15.9. The standard InChI is InChI=1S/C19H24N2O4/c1-3-20(12-18(22)23)15-6-8-21(9-7-15)19(24)17-11-14-10-13(2)4-5-16(14)25-17/h4-5,10-11,15H,3,6-9,12H2,1-2H3,(H,22,23). The van der Waals surface area contributed by atoms with E-state index in [1.807, 2.05) is 36.9 Å². The Kier molecular flexibility index (Phi) is 5.08. The Labute approximate surface area is 147 Å². The lowest BCUT2D eigenvalue weighted by molar-refractivity contribution is -0.139. The van der Waals surface area contributed by atoms with Crippen LogP contribution in [-0.2, 0) is 4.79 Å². The molecule has 0 spiro atoms. The van der Waals surface area contributed by atoms with Gasteiger partial charge in [-0.05, 0) is 44.5 Å². The first-order valence-corrected chi connectivity index (χ1v) is 8.73. The van der Waals surface area contributed by atoms with E-state index in [1.165, 1.54) is 0 Å². The van der Waals surface area contributed by atoms with Crippen LogP contribution in [0.15, 0.2) is 28.7 Å². The van der Waals surface area contributed by atoms with E-state index in [-0.39, 0.29) is 18.5 Å². The lowest BCUT2D eigenvalue weighted by atomic mass is 10.0. The summed E-state index contributed by atoms with van der Waals surface area (Å²) in [6.07, 6.45) is 1.57. The number of aliphatic carboxylic acids is 1. The van der Waals surface area contributed by atoms with Crippen molar-refractivity contribution in [3.8, 4) is 0 Å². The van der Waals surface area contributed by atoms with Crippen LogP contribution in [-0.4, -0.2) is 59.0 Å². The number of carboxylic acid groups (broad SMARTS) is 1. The molecule has 1 aliphatic rings. The van der Waals surface area contributed by atoms with Crippen LogP contribution in [0.5, 0.6) is 0 Å². The van der Waals surface area contributed by atoms with Gasteiger partial charge in [0.25, 0.3) is 5.91 Å². The lowest BCUT2D eigenvalue weighted by Gasteiger charge is -2.37. The predicted octanol–water partition coefficient (Wildman–Crippen LogP) is 2.75. The molecular formula is C19H24N2O4. The average Bonchev–Trinajstić information content (AvgIpc) is 3.02. The Morgan fingerprint density at radius 2 is 2.00 bits per heavy atom. The maximum absolute atomic E-state index is 12.7. The van der Waals surface area contributed by atoms with Crippen LogP contribution < -0.4 is 0 Å². The smallest absolute Gasteiger partial charge is 0.317 e. The number of carbonyl (C=O) groups is 2. The molecule has 2 aromatic rings. The number of carbonyl (C=O) groups excluding carboxylic acids is 1. The van der Waals surface area contributed by atoms with Gasteiger partial charge in [0.2, 0.25) is 0 Å². The number of hydrogen-bond donors (Lipinski definition) is 1. The van der Waals surface area contributed by atoms with Crippen LogP contribution >= 0.6 is 0 Å². The molecule has 0 bridgehead atoms. The molecule has 0 aliphatic carbocycles. The summed E-state index contributed by atoms with van der Waals surface area (Å²) in [5, 5.41) is 9.95. The molecule has 6 nitrogen and oxygen atoms in total. The van der Waals surface area contributed by atoms with Gasteiger partial charge >= 0.3 is 5.97 Å². The van der Waals surface area contributed by atoms with Gasteiger partial charge < -0.3 is 14.4 Å². The number of carboxylic acids is 1. The summed E-state index contributed by atoms with van der Waals surface area (Å²) in [7, 11) is 0. The molecule has 1 aliphatic heterocycles. The number of piperidine rings is 1. The minimum atomic E-state index is -0.807. The molecule has 0 unspecified atom stereocenters. The van der Waals surface area contributed by atoms with Crippen molar-refractivity contribution in [2.75, 3.05) is 26.2 Å². The highest BCUT2D eigenvalue weighted by Crippen LogP contribution is 2.24. The fourth-order valence-corrected chi connectivity index (χ4v) is 3.53. The summed E-state index contributed by atoms with van der Waals surface area (Å²) in [6.45, 7) is 5.98. The first kappa shape index (κ1) is 17.5. The summed E-state index contributed by atoms with van der Waals surface area (Å²) in [6, 6.07) is 7.88. The van der Waals surface area contributed by atoms with Crippen LogP contribution in [0.1, 0.15) is 35.9 Å². The van der Waals surface area contributed by atoms with Crippen LogP contribution in [0.3, 0.4) is 0 Å². The molecule has 6 heteroatoms. The van der Waals surface area contributed by atoms with Gasteiger partial charge in [-0.3, -0.25) is 14.5 Å². The second-order valence-corrected chi connectivity index (χ2v) is 6.63. The monoisotopic (exact) mass is 344 g/mol. The largest absolute Gasteiger partial charge is 0.480 e. The van der Waals surface area contributed by atoms with E-state index >= 15 is 0 Å². The highest BCUT2D eigenvalue weighted by Gasteiger charge is 2.29. The van der Waals surface area contributed by atoms with Crippen LogP contribution in [0, 0.1) is 6.92 Å². The molecule has 1 aromatic heterocycles. The molecule has 2 heterocycles. The second kappa shape index (κ2) is 7.27. The van der Waals surface area contributed by atoms with Gasteiger partial charge in [0.15, 0.2) is 5.76 Å². The molecule has 134 valence electrons. The van der Waals surface area contributed by atoms with Gasteiger partial charge in [-0.2, -0.15) is 0 Å². The molecule has 0 saturated carbocycles. The summed E-state index contributed by atoms with van der Waals surface area (Å²) in [5.74, 6) is -0.525. The van der Waals surface area contributed by atoms with E-state index in [0.29, 0.717) is 25.4 Å². The van der Waals surface area contributed by atoms with E-state index in [0.717, 1.165) is 29.4 Å². The van der Waals surface area contributed by atoms with Crippen molar-refractivity contribution in [3.63, 3.8) is 0 Å². The summed E-state index contributed by atoms with van der Waals surface area (Å²) >= 11 is 0. The van der Waals surface area contributed by atoms with Crippen LogP contribution in [0.2, 0.25) is 0 Å². The number of fused-ring (bicyclic) bond motifs is 1. The van der Waals surface area contributed by atoms with Gasteiger partial charge in [0.05, 0.1) is 6.54 Å². The van der Waals surface area contributed by atoms with E-state index in [9.17, 15) is 9.59 Å². The summed E-state index contributed by atoms with van der Waals surface area (Å²) in [5.41, 5.74) is 1.86. The van der Waals surface area contributed by atoms with Crippen LogP contribution in [0.4, 0.5) is 0 Å². The van der Waals surface area contributed by atoms with E-state index in [4.69, 9.17) is 9.52 Å². The number of likely N-dealkylation sites (tertiary alicyclic amines) is 1. The third-order valence-corrected chi connectivity index (χ3v) is 4.90. The lowest BCUT2D eigenvalue weighted by Crippen LogP contribution is -2.48. The maximum Gasteiger partial charge on any atom is 0.317 e. The molecule has 0 radical (unpaired) electrons. The van der Waals surface area contributed by atoms with Gasteiger partial charge in [-0.25, -0.2) is 0 Å². The third kappa shape index (κ3) is 3.85. The quantitative estimate of drug-likeness (QED) is 0.903. The SMILES string of the molecule is CCN(CC(=O)O)C1CCN(C(=O)c2cc3cc(C)ccc3o2)CC1. The fraction of sp³-hybridized carbons (Fsp3) is 0.474. The van der Waals surface area contributed by atoms with Gasteiger partial charge in [-0.1, -0.05) is 18.6 Å². The molecule has 1 aromatic carbocycles. The number of nitrogens with zero attached hydrogens (tertiary/aromatic N) is 2. The van der Waals surface area contributed by atoms with Gasteiger partial charge in [0.1, 0.15) is 5.58 Å². The molecule has 0 atom stereocenters. The van der Waals surface area contributed by atoms with Gasteiger partial charge in [0, 0.05) is 24.5 Å². The molecular weight excluding hydrogens is 320 g/mol. The number of likely N-dealkylation sites (N-methyl/N-ethyl adjacent to an activating group) is 1. The minimum absolute atomic E-state index is 0.0536. The highest BCUT2D eigenvalue weighted by atomic mass is 16.4. The molecule has 3 rings (SSSR count). The fourth-order valence-electron chi connectivity index (χ4n) is 3.53. The topological polar surface area (TPSA) is 74.0 Å². The summed E-state index contributed by atoms with van der Waals surface area (Å²) < 4.78 is 5.71. The maximum atomic E-state index is 12.7. The Morgan fingerprint density at radius 1 is 1.28 bits per heavy atom. The van der Waals surface area contributed by atoms with Crippen molar-refractivity contribution in [3.05, 3.63) is 35.6 Å². The van der Waals surface area contributed by atoms with Gasteiger partial charge in [-0.15, -0.1) is 0 Å². The van der Waals surface area contributed by atoms with Crippen molar-refractivity contribution in [1.82, 2.24) is 9.80 Å². The van der Waals surface area contributed by atoms with Crippen molar-refractivity contribution >= 4 is 22.8 Å². The third-order valence-electron chi connectivity index (χ3n) is 4.90. The number of furan rings is 1.